The first kappa shape index (κ1) is 10.6. The number of hydroxylamine groups is 2. The Balaban J connectivity index is 4.56. The summed E-state index contributed by atoms with van der Waals surface area (Å²) in [5, 5.41) is 16.0. The molecule has 4 N–H and O–H groups in total. The highest BCUT2D eigenvalue weighted by Crippen LogP contribution is 2.02. The van der Waals surface area contributed by atoms with Gasteiger partial charge in [-0.3, -0.25) is 20.0 Å². The molecule has 0 radical (unpaired) electrons. The van der Waals surface area contributed by atoms with Crippen LogP contribution in [-0.2, 0) is 9.59 Å². The first-order valence-corrected chi connectivity index (χ1v) is 3.21. The van der Waals surface area contributed by atoms with Gasteiger partial charge in [0.15, 0.2) is 0 Å². The van der Waals surface area contributed by atoms with Crippen LogP contribution >= 0.6 is 0 Å². The van der Waals surface area contributed by atoms with Gasteiger partial charge in [-0.25, -0.2) is 0 Å². The Hall–Kier alpha value is -1.40. The second-order valence-electron chi connectivity index (χ2n) is 2.02. The summed E-state index contributed by atoms with van der Waals surface area (Å²) in [6.07, 6.45) is 1.04. The second-order valence-corrected chi connectivity index (χ2v) is 2.02. The van der Waals surface area contributed by atoms with E-state index in [9.17, 15) is 9.59 Å². The van der Waals surface area contributed by atoms with Gasteiger partial charge in [0, 0.05) is 11.6 Å². The van der Waals surface area contributed by atoms with Crippen molar-refractivity contribution >= 4 is 11.8 Å². The summed E-state index contributed by atoms with van der Waals surface area (Å²) >= 11 is 0. The van der Waals surface area contributed by atoms with E-state index in [0.717, 1.165) is 6.08 Å². The van der Waals surface area contributed by atoms with Crippen LogP contribution in [0.2, 0.25) is 0 Å². The average molecular weight is 174 g/mol. The quantitative estimate of drug-likeness (QED) is 0.302. The van der Waals surface area contributed by atoms with Crippen molar-refractivity contribution in [1.82, 2.24) is 5.23 Å². The Bertz CT molecular complexity index is 222. The number of nitrogens with zero attached hydrogens (tertiary/aromatic N) is 1. The van der Waals surface area contributed by atoms with Crippen LogP contribution in [0.15, 0.2) is 11.6 Å². The van der Waals surface area contributed by atoms with Crippen molar-refractivity contribution in [2.45, 2.75) is 13.3 Å². The van der Waals surface area contributed by atoms with Gasteiger partial charge in [0.1, 0.15) is 0 Å². The molecule has 0 unspecified atom stereocenters. The second kappa shape index (κ2) is 4.47. The maximum atomic E-state index is 10.8. The number of hydrogen-bond donors (Lipinski definition) is 3. The lowest BCUT2D eigenvalue weighted by atomic mass is 10.2. The molecule has 0 fully saturated rings. The van der Waals surface area contributed by atoms with Gasteiger partial charge >= 0.3 is 0 Å². The van der Waals surface area contributed by atoms with Crippen molar-refractivity contribution in [2.75, 3.05) is 0 Å². The molecule has 0 bridgehead atoms. The zero-order valence-corrected chi connectivity index (χ0v) is 6.52. The van der Waals surface area contributed by atoms with E-state index in [-0.39, 0.29) is 12.0 Å². The lowest BCUT2D eigenvalue weighted by molar-refractivity contribution is -0.281. The topological polar surface area (TPSA) is 104 Å². The minimum Gasteiger partial charge on any atom is -0.366 e. The first-order valence-electron chi connectivity index (χ1n) is 3.21. The minimum atomic E-state index is -1.06. The van der Waals surface area contributed by atoms with E-state index in [2.05, 4.69) is 0 Å². The fraction of sp³-hybridized carbons (Fsp3) is 0.333. The lowest BCUT2D eigenvalue weighted by Gasteiger charge is -2.06. The van der Waals surface area contributed by atoms with Crippen LogP contribution in [-0.4, -0.2) is 27.5 Å². The number of hydrogen-bond acceptors (Lipinski definition) is 4. The third kappa shape index (κ3) is 3.13. The zero-order chi connectivity index (χ0) is 9.72. The van der Waals surface area contributed by atoms with Crippen LogP contribution < -0.4 is 5.73 Å². The Morgan fingerprint density at radius 1 is 1.50 bits per heavy atom. The van der Waals surface area contributed by atoms with Crippen molar-refractivity contribution in [2.24, 2.45) is 5.73 Å². The molecule has 0 aliphatic carbocycles. The Morgan fingerprint density at radius 3 is 2.25 bits per heavy atom. The fourth-order valence-corrected chi connectivity index (χ4v) is 0.615. The molecule has 2 amide bonds. The summed E-state index contributed by atoms with van der Waals surface area (Å²) in [5.74, 6) is -1.86. The largest absolute Gasteiger partial charge is 0.366 e. The summed E-state index contributed by atoms with van der Waals surface area (Å²) in [7, 11) is 0. The van der Waals surface area contributed by atoms with Crippen molar-refractivity contribution < 1.29 is 20.0 Å². The maximum absolute atomic E-state index is 10.8. The third-order valence-corrected chi connectivity index (χ3v) is 1.15. The van der Waals surface area contributed by atoms with Gasteiger partial charge in [0.2, 0.25) is 5.91 Å². The standard InChI is InChI=1S/C6H10N2O4/c1-2-4(3-5(7)9)6(10)8(11)12/h3,11-12H,2H2,1H3,(H2,7,9)/b4-3-. The van der Waals surface area contributed by atoms with Gasteiger partial charge in [-0.1, -0.05) is 12.2 Å². The van der Waals surface area contributed by atoms with Crippen LogP contribution in [0.5, 0.6) is 0 Å². The number of carbonyl (C=O) groups excluding carboxylic acids is 2. The summed E-state index contributed by atoms with van der Waals surface area (Å²) in [4.78, 5) is 21.1. The normalized spacial score (nSPS) is 11.1. The Labute approximate surface area is 68.8 Å². The van der Waals surface area contributed by atoms with E-state index in [1.165, 1.54) is 0 Å². The number of primary amides is 1. The van der Waals surface area contributed by atoms with Gasteiger partial charge in [0.25, 0.3) is 5.91 Å². The third-order valence-electron chi connectivity index (χ3n) is 1.15. The molecule has 12 heavy (non-hydrogen) atoms. The predicted molar refractivity (Wildman–Crippen MR) is 38.0 cm³/mol. The molecule has 0 spiro atoms. The van der Waals surface area contributed by atoms with Crippen LogP contribution in [0.1, 0.15) is 13.3 Å². The van der Waals surface area contributed by atoms with Gasteiger partial charge < -0.3 is 5.73 Å². The summed E-state index contributed by atoms with van der Waals surface area (Å²) in [5.41, 5.74) is 4.70. The highest BCUT2D eigenvalue weighted by molar-refractivity contribution is 5.99. The highest BCUT2D eigenvalue weighted by Gasteiger charge is 2.13. The molecule has 6 heteroatoms. The Morgan fingerprint density at radius 2 is 2.00 bits per heavy atom. The number of carbonyl (C=O) groups is 2. The maximum Gasteiger partial charge on any atom is 0.299 e. The van der Waals surface area contributed by atoms with Gasteiger partial charge in [-0.15, -0.1) is 0 Å². The molecule has 0 aromatic carbocycles. The molecular weight excluding hydrogens is 164 g/mol. The van der Waals surface area contributed by atoms with Crippen LogP contribution in [0.25, 0.3) is 0 Å². The molecule has 0 aromatic heterocycles. The van der Waals surface area contributed by atoms with E-state index < -0.39 is 17.0 Å². The molecule has 6 nitrogen and oxygen atoms in total. The number of nitrogens with two attached hydrogens (primary N) is 1. The molecule has 0 aromatic rings. The van der Waals surface area contributed by atoms with Gasteiger partial charge in [-0.05, 0) is 6.42 Å². The van der Waals surface area contributed by atoms with E-state index in [1.807, 2.05) is 0 Å². The molecule has 0 saturated heterocycles. The molecule has 0 aliphatic heterocycles. The summed E-state index contributed by atoms with van der Waals surface area (Å²) in [6, 6.07) is 0. The molecular formula is C6H10N2O4. The Kier molecular flexibility index (Phi) is 3.95. The van der Waals surface area contributed by atoms with E-state index in [1.54, 1.807) is 6.92 Å². The molecule has 68 valence electrons. The van der Waals surface area contributed by atoms with E-state index in [4.69, 9.17) is 16.1 Å². The minimum absolute atomic E-state index is 0.0625. The summed E-state index contributed by atoms with van der Waals surface area (Å²) < 4.78 is 0. The van der Waals surface area contributed by atoms with Crippen LogP contribution in [0, 0.1) is 0 Å². The molecule has 0 saturated carbocycles. The van der Waals surface area contributed by atoms with Gasteiger partial charge in [0.05, 0.1) is 0 Å². The van der Waals surface area contributed by atoms with Gasteiger partial charge in [-0.2, -0.15) is 0 Å². The predicted octanol–water partition coefficient (Wildman–Crippen LogP) is -0.585. The fourth-order valence-electron chi connectivity index (χ4n) is 0.615. The molecule has 0 atom stereocenters. The number of amides is 2. The molecule has 0 aliphatic rings. The SMILES string of the molecule is CC/C(=C/C(N)=O)C(=O)N(O)O. The monoisotopic (exact) mass is 174 g/mol. The van der Waals surface area contributed by atoms with Crippen molar-refractivity contribution in [3.8, 4) is 0 Å². The lowest BCUT2D eigenvalue weighted by Crippen LogP contribution is -2.25. The van der Waals surface area contributed by atoms with Crippen molar-refractivity contribution in [3.05, 3.63) is 11.6 Å². The van der Waals surface area contributed by atoms with Crippen molar-refractivity contribution in [3.63, 3.8) is 0 Å². The summed E-state index contributed by atoms with van der Waals surface area (Å²) in [6.45, 7) is 1.58. The first-order chi connectivity index (χ1) is 5.49. The molecule has 0 heterocycles. The zero-order valence-electron chi connectivity index (χ0n) is 6.52. The molecule has 0 rings (SSSR count). The smallest absolute Gasteiger partial charge is 0.299 e. The van der Waals surface area contributed by atoms with E-state index >= 15 is 0 Å². The highest BCUT2D eigenvalue weighted by atomic mass is 16.8. The van der Waals surface area contributed by atoms with Crippen LogP contribution in [0.3, 0.4) is 0 Å². The van der Waals surface area contributed by atoms with Crippen molar-refractivity contribution in [1.29, 1.82) is 0 Å². The van der Waals surface area contributed by atoms with Crippen LogP contribution in [0.4, 0.5) is 0 Å². The average Bonchev–Trinajstić information content (AvgIpc) is 1.98. The van der Waals surface area contributed by atoms with E-state index in [0.29, 0.717) is 0 Å². The number of rotatable bonds is 3.